The van der Waals surface area contributed by atoms with Crippen molar-refractivity contribution in [3.8, 4) is 22.5 Å². The van der Waals surface area contributed by atoms with Gasteiger partial charge in [-0.2, -0.15) is 0 Å². The molecule has 0 radical (unpaired) electrons. The second-order valence-corrected chi connectivity index (χ2v) is 10.9. The van der Waals surface area contributed by atoms with E-state index in [4.69, 9.17) is 4.98 Å². The largest absolute Gasteiger partial charge is 0.309 e. The first-order valence-electron chi connectivity index (χ1n) is 14.3. The van der Waals surface area contributed by atoms with E-state index < -0.39 is 0 Å². The number of para-hydroxylation sites is 3. The van der Waals surface area contributed by atoms with Crippen molar-refractivity contribution >= 4 is 54.4 Å². The first-order valence-corrected chi connectivity index (χ1v) is 14.3. The van der Waals surface area contributed by atoms with E-state index >= 15 is 0 Å². The van der Waals surface area contributed by atoms with Gasteiger partial charge in [-0.3, -0.25) is 4.98 Å². The SMILES string of the molecule is c1ccc(-n2c3ccccc3c3cncc(-c4ccc5c6ccccc6n(-c6ccc7ccccc7c6)c5c4)c32)cc1. The summed E-state index contributed by atoms with van der Waals surface area (Å²) in [6.07, 6.45) is 4.02. The molecule has 9 aromatic rings. The number of fused-ring (bicyclic) bond motifs is 7. The van der Waals surface area contributed by atoms with Crippen LogP contribution >= 0.6 is 0 Å². The Morgan fingerprint density at radius 2 is 1.07 bits per heavy atom. The molecule has 3 heteroatoms. The van der Waals surface area contributed by atoms with Crippen LogP contribution in [0.25, 0.3) is 76.9 Å². The summed E-state index contributed by atoms with van der Waals surface area (Å²) in [6, 6.07) is 50.1. The molecule has 0 atom stereocenters. The van der Waals surface area contributed by atoms with Crippen molar-refractivity contribution in [1.29, 1.82) is 0 Å². The van der Waals surface area contributed by atoms with Crippen LogP contribution < -0.4 is 0 Å². The molecule has 0 unspecified atom stereocenters. The Hall–Kier alpha value is -5.67. The highest BCUT2D eigenvalue weighted by Crippen LogP contribution is 2.40. The Morgan fingerprint density at radius 1 is 0.405 bits per heavy atom. The van der Waals surface area contributed by atoms with E-state index in [0.29, 0.717) is 0 Å². The summed E-state index contributed by atoms with van der Waals surface area (Å²) in [5, 5.41) is 7.33. The number of hydrogen-bond acceptors (Lipinski definition) is 1. The molecule has 3 aromatic heterocycles. The van der Waals surface area contributed by atoms with Crippen LogP contribution in [0.3, 0.4) is 0 Å². The number of pyridine rings is 1. The molecule has 3 heterocycles. The summed E-state index contributed by atoms with van der Waals surface area (Å²) < 4.78 is 4.78. The number of rotatable bonds is 3. The van der Waals surface area contributed by atoms with E-state index in [1.165, 1.54) is 49.0 Å². The Labute approximate surface area is 242 Å². The molecule has 196 valence electrons. The van der Waals surface area contributed by atoms with Crippen LogP contribution in [0.2, 0.25) is 0 Å². The van der Waals surface area contributed by atoms with Crippen LogP contribution in [-0.2, 0) is 0 Å². The maximum absolute atomic E-state index is 4.76. The zero-order valence-electron chi connectivity index (χ0n) is 22.8. The number of aromatic nitrogens is 3. The van der Waals surface area contributed by atoms with Crippen LogP contribution in [0.5, 0.6) is 0 Å². The van der Waals surface area contributed by atoms with E-state index in [1.807, 2.05) is 12.4 Å². The van der Waals surface area contributed by atoms with Gasteiger partial charge in [0.25, 0.3) is 0 Å². The zero-order valence-corrected chi connectivity index (χ0v) is 22.8. The normalized spacial score (nSPS) is 11.8. The van der Waals surface area contributed by atoms with E-state index in [-0.39, 0.29) is 0 Å². The van der Waals surface area contributed by atoms with Gasteiger partial charge < -0.3 is 9.13 Å². The molecule has 0 aliphatic heterocycles. The predicted molar refractivity (Wildman–Crippen MR) is 176 cm³/mol. The van der Waals surface area contributed by atoms with Gasteiger partial charge in [0.15, 0.2) is 0 Å². The molecule has 9 rings (SSSR count). The average molecular weight is 536 g/mol. The third-order valence-corrected chi connectivity index (χ3v) is 8.57. The van der Waals surface area contributed by atoms with Gasteiger partial charge in [-0.15, -0.1) is 0 Å². The summed E-state index contributed by atoms with van der Waals surface area (Å²) >= 11 is 0. The molecule has 0 spiro atoms. The third kappa shape index (κ3) is 3.31. The first-order chi connectivity index (χ1) is 20.8. The maximum atomic E-state index is 4.76. The van der Waals surface area contributed by atoms with Gasteiger partial charge in [-0.1, -0.05) is 97.1 Å². The van der Waals surface area contributed by atoms with Gasteiger partial charge >= 0.3 is 0 Å². The van der Waals surface area contributed by atoms with Gasteiger partial charge in [0.2, 0.25) is 0 Å². The molecule has 0 bridgehead atoms. The number of nitrogens with zero attached hydrogens (tertiary/aromatic N) is 3. The van der Waals surface area contributed by atoms with E-state index in [0.717, 1.165) is 27.9 Å². The standard InChI is InChI=1S/C39H25N3/c1-2-12-29(13-3-1)42-37-17-9-7-15-32(37)35-25-40-24-34(39(35)42)28-19-21-33-31-14-6-8-16-36(31)41(38(33)23-28)30-20-18-26-10-4-5-11-27(26)22-30/h1-25H. The maximum Gasteiger partial charge on any atom is 0.0650 e. The molecule has 42 heavy (non-hydrogen) atoms. The minimum atomic E-state index is 1.12. The fourth-order valence-corrected chi connectivity index (χ4v) is 6.70. The van der Waals surface area contributed by atoms with Crippen LogP contribution in [0.4, 0.5) is 0 Å². The quantitative estimate of drug-likeness (QED) is 0.221. The van der Waals surface area contributed by atoms with Crippen molar-refractivity contribution in [2.24, 2.45) is 0 Å². The van der Waals surface area contributed by atoms with Crippen molar-refractivity contribution in [1.82, 2.24) is 14.1 Å². The second-order valence-electron chi connectivity index (χ2n) is 10.9. The molecular weight excluding hydrogens is 510 g/mol. The van der Waals surface area contributed by atoms with Gasteiger partial charge in [-0.05, 0) is 58.8 Å². The van der Waals surface area contributed by atoms with Crippen molar-refractivity contribution in [3.05, 3.63) is 152 Å². The minimum Gasteiger partial charge on any atom is -0.309 e. The highest BCUT2D eigenvalue weighted by Gasteiger charge is 2.19. The van der Waals surface area contributed by atoms with Crippen molar-refractivity contribution in [2.45, 2.75) is 0 Å². The lowest BCUT2D eigenvalue weighted by molar-refractivity contribution is 1.17. The molecule has 0 aliphatic rings. The first kappa shape index (κ1) is 23.1. The molecule has 0 N–H and O–H groups in total. The lowest BCUT2D eigenvalue weighted by Crippen LogP contribution is -1.96. The monoisotopic (exact) mass is 535 g/mol. The van der Waals surface area contributed by atoms with Gasteiger partial charge in [0.1, 0.15) is 0 Å². The molecule has 0 saturated heterocycles. The number of benzene rings is 6. The highest BCUT2D eigenvalue weighted by atomic mass is 15.0. The summed E-state index contributed by atoms with van der Waals surface area (Å²) in [7, 11) is 0. The Balaban J connectivity index is 1.37. The van der Waals surface area contributed by atoms with Crippen LogP contribution in [0, 0.1) is 0 Å². The smallest absolute Gasteiger partial charge is 0.0650 e. The lowest BCUT2D eigenvalue weighted by atomic mass is 10.0. The van der Waals surface area contributed by atoms with Crippen molar-refractivity contribution in [3.63, 3.8) is 0 Å². The highest BCUT2D eigenvalue weighted by molar-refractivity contribution is 6.15. The van der Waals surface area contributed by atoms with Crippen LogP contribution in [0.15, 0.2) is 152 Å². The van der Waals surface area contributed by atoms with Gasteiger partial charge in [-0.25, -0.2) is 0 Å². The Bertz CT molecular complexity index is 2460. The summed E-state index contributed by atoms with van der Waals surface area (Å²) in [5.74, 6) is 0. The van der Waals surface area contributed by atoms with Crippen molar-refractivity contribution in [2.75, 3.05) is 0 Å². The van der Waals surface area contributed by atoms with E-state index in [1.54, 1.807) is 0 Å². The number of hydrogen-bond donors (Lipinski definition) is 0. The molecule has 0 saturated carbocycles. The van der Waals surface area contributed by atoms with E-state index in [9.17, 15) is 0 Å². The van der Waals surface area contributed by atoms with Crippen LogP contribution in [-0.4, -0.2) is 14.1 Å². The molecule has 6 aromatic carbocycles. The molecule has 3 nitrogen and oxygen atoms in total. The second kappa shape index (κ2) is 8.92. The molecule has 0 fully saturated rings. The third-order valence-electron chi connectivity index (χ3n) is 8.57. The molecular formula is C39H25N3. The minimum absolute atomic E-state index is 1.12. The summed E-state index contributed by atoms with van der Waals surface area (Å²) in [6.45, 7) is 0. The zero-order chi connectivity index (χ0) is 27.6. The Morgan fingerprint density at radius 3 is 1.90 bits per heavy atom. The van der Waals surface area contributed by atoms with E-state index in [2.05, 4.69) is 149 Å². The summed E-state index contributed by atoms with van der Waals surface area (Å²) in [4.78, 5) is 4.76. The topological polar surface area (TPSA) is 22.8 Å². The molecule has 0 amide bonds. The van der Waals surface area contributed by atoms with Gasteiger partial charge in [0.05, 0.1) is 22.1 Å². The van der Waals surface area contributed by atoms with Gasteiger partial charge in [0, 0.05) is 50.9 Å². The average Bonchev–Trinajstić information content (AvgIpc) is 3.58. The summed E-state index contributed by atoms with van der Waals surface area (Å²) in [5.41, 5.74) is 9.30. The molecule has 0 aliphatic carbocycles. The fourth-order valence-electron chi connectivity index (χ4n) is 6.70. The fraction of sp³-hybridized carbons (Fsp3) is 0. The van der Waals surface area contributed by atoms with Crippen LogP contribution in [0.1, 0.15) is 0 Å². The van der Waals surface area contributed by atoms with Crippen molar-refractivity contribution < 1.29 is 0 Å². The lowest BCUT2D eigenvalue weighted by Gasteiger charge is -2.13. The Kier molecular flexibility index (Phi) is 4.90. The predicted octanol–water partition coefficient (Wildman–Crippen LogP) is 10.1.